The van der Waals surface area contributed by atoms with Crippen molar-refractivity contribution in [2.45, 2.75) is 5.16 Å². The van der Waals surface area contributed by atoms with Gasteiger partial charge in [0, 0.05) is 22.9 Å². The Hall–Kier alpha value is -4.51. The Morgan fingerprint density at radius 1 is 0.895 bits per heavy atom. The summed E-state index contributed by atoms with van der Waals surface area (Å²) in [4.78, 5) is 12.6. The first kappa shape index (κ1) is 26.6. The van der Waals surface area contributed by atoms with E-state index in [0.29, 0.717) is 33.8 Å². The lowest BCUT2D eigenvalue weighted by Gasteiger charge is -2.11. The van der Waals surface area contributed by atoms with E-state index >= 15 is 0 Å². The molecule has 0 radical (unpaired) electrons. The van der Waals surface area contributed by atoms with Gasteiger partial charge in [0.2, 0.25) is 0 Å². The van der Waals surface area contributed by atoms with E-state index in [-0.39, 0.29) is 11.7 Å². The van der Waals surface area contributed by atoms with Crippen LogP contribution in [0.3, 0.4) is 0 Å². The molecule has 38 heavy (non-hydrogen) atoms. The molecule has 1 amide bonds. The van der Waals surface area contributed by atoms with Crippen molar-refractivity contribution in [3.8, 4) is 40.1 Å². The summed E-state index contributed by atoms with van der Waals surface area (Å²) < 4.78 is 23.2. The third-order valence-corrected chi connectivity index (χ3v) is 6.39. The Morgan fingerprint density at radius 2 is 1.58 bits per heavy atom. The Morgan fingerprint density at radius 3 is 2.24 bits per heavy atom. The van der Waals surface area contributed by atoms with Crippen LogP contribution in [0.1, 0.15) is 5.56 Å². The molecule has 10 nitrogen and oxygen atoms in total. The number of amides is 1. The Balaban J connectivity index is 1.49. The number of hydrogen-bond donors (Lipinski definition) is 1. The molecule has 1 N–H and O–H groups in total. The van der Waals surface area contributed by atoms with Gasteiger partial charge >= 0.3 is 0 Å². The van der Waals surface area contributed by atoms with Gasteiger partial charge in [-0.15, -0.1) is 10.2 Å². The maximum atomic E-state index is 12.6. The van der Waals surface area contributed by atoms with Crippen LogP contribution in [0.4, 0.5) is 0 Å². The number of thioether (sulfide) groups is 1. The quantitative estimate of drug-likeness (QED) is 0.174. The molecule has 1 heterocycles. The highest BCUT2D eigenvalue weighted by atomic mass is 32.2. The number of para-hydroxylation sites is 1. The van der Waals surface area contributed by atoms with Crippen LogP contribution in [0.15, 0.2) is 77.0 Å². The first-order valence-corrected chi connectivity index (χ1v) is 12.5. The zero-order valence-electron chi connectivity index (χ0n) is 21.4. The molecule has 4 aromatic rings. The summed E-state index contributed by atoms with van der Waals surface area (Å²) in [6, 6.07) is 20.7. The average molecular weight is 534 g/mol. The maximum absolute atomic E-state index is 12.6. The van der Waals surface area contributed by atoms with E-state index in [2.05, 4.69) is 20.7 Å². The van der Waals surface area contributed by atoms with Crippen LogP contribution >= 0.6 is 11.8 Å². The summed E-state index contributed by atoms with van der Waals surface area (Å²) in [5, 5.41) is 13.4. The highest BCUT2D eigenvalue weighted by molar-refractivity contribution is 7.99. The second-order valence-corrected chi connectivity index (χ2v) is 8.68. The number of ether oxygens (including phenoxy) is 4. The number of hydrazone groups is 1. The molecule has 11 heteroatoms. The lowest BCUT2D eigenvalue weighted by atomic mass is 10.2. The topological polar surface area (TPSA) is 109 Å². The van der Waals surface area contributed by atoms with Crippen molar-refractivity contribution in [2.24, 2.45) is 5.10 Å². The van der Waals surface area contributed by atoms with Gasteiger partial charge in [-0.05, 0) is 42.5 Å². The van der Waals surface area contributed by atoms with Gasteiger partial charge in [0.15, 0.2) is 22.5 Å². The van der Waals surface area contributed by atoms with Crippen molar-refractivity contribution in [2.75, 3.05) is 34.2 Å². The van der Waals surface area contributed by atoms with Crippen LogP contribution < -0.4 is 24.4 Å². The van der Waals surface area contributed by atoms with Gasteiger partial charge in [0.25, 0.3) is 5.91 Å². The largest absolute Gasteiger partial charge is 0.497 e. The zero-order chi connectivity index (χ0) is 26.9. The van der Waals surface area contributed by atoms with Gasteiger partial charge in [-0.25, -0.2) is 5.43 Å². The molecule has 0 aliphatic rings. The molecule has 4 rings (SSSR count). The average Bonchev–Trinajstić information content (AvgIpc) is 3.40. The molecular formula is C27H27N5O5S. The first-order valence-electron chi connectivity index (χ1n) is 11.5. The Kier molecular flexibility index (Phi) is 8.83. The van der Waals surface area contributed by atoms with Crippen molar-refractivity contribution < 1.29 is 23.7 Å². The van der Waals surface area contributed by atoms with E-state index in [1.165, 1.54) is 25.1 Å². The third kappa shape index (κ3) is 6.06. The van der Waals surface area contributed by atoms with E-state index in [9.17, 15) is 4.79 Å². The van der Waals surface area contributed by atoms with E-state index in [1.54, 1.807) is 33.5 Å². The molecule has 0 atom stereocenters. The Labute approximate surface area is 224 Å². The summed E-state index contributed by atoms with van der Waals surface area (Å²) in [6.45, 7) is 0. The van der Waals surface area contributed by atoms with Crippen LogP contribution in [-0.2, 0) is 4.79 Å². The molecule has 196 valence electrons. The van der Waals surface area contributed by atoms with Crippen LogP contribution in [-0.4, -0.2) is 61.1 Å². The van der Waals surface area contributed by atoms with Crippen LogP contribution in [0.5, 0.6) is 23.0 Å². The molecule has 1 aromatic heterocycles. The molecule has 0 aliphatic carbocycles. The van der Waals surface area contributed by atoms with Crippen LogP contribution in [0, 0.1) is 0 Å². The lowest BCUT2D eigenvalue weighted by molar-refractivity contribution is -0.118. The molecule has 0 spiro atoms. The predicted octanol–water partition coefficient (Wildman–Crippen LogP) is 4.21. The molecular weight excluding hydrogens is 506 g/mol. The number of methoxy groups -OCH3 is 4. The lowest BCUT2D eigenvalue weighted by Crippen LogP contribution is -2.20. The fourth-order valence-electron chi connectivity index (χ4n) is 3.59. The summed E-state index contributed by atoms with van der Waals surface area (Å²) in [5.74, 6) is 2.74. The molecule has 3 aromatic carbocycles. The van der Waals surface area contributed by atoms with E-state index in [0.717, 1.165) is 17.0 Å². The number of nitrogens with one attached hydrogen (secondary N) is 1. The fraction of sp³-hybridized carbons (Fsp3) is 0.185. The van der Waals surface area contributed by atoms with Crippen LogP contribution in [0.25, 0.3) is 17.1 Å². The van der Waals surface area contributed by atoms with Crippen LogP contribution in [0.2, 0.25) is 0 Å². The molecule has 0 aliphatic heterocycles. The van der Waals surface area contributed by atoms with Crippen molar-refractivity contribution in [3.05, 3.63) is 72.3 Å². The molecule has 0 saturated carbocycles. The summed E-state index contributed by atoms with van der Waals surface area (Å²) in [7, 11) is 6.24. The minimum atomic E-state index is -0.306. The minimum absolute atomic E-state index is 0.0774. The number of carbonyl (C=O) groups excluding carboxylic acids is 1. The normalized spacial score (nSPS) is 10.8. The van der Waals surface area contributed by atoms with Gasteiger partial charge in [-0.2, -0.15) is 5.10 Å². The van der Waals surface area contributed by atoms with Crippen molar-refractivity contribution in [1.82, 2.24) is 20.2 Å². The number of aromatic nitrogens is 3. The van der Waals surface area contributed by atoms with Gasteiger partial charge in [0.05, 0.1) is 40.4 Å². The van der Waals surface area contributed by atoms with Gasteiger partial charge < -0.3 is 18.9 Å². The SMILES string of the molecule is COc1ccc(-c2nnc(SCC(=O)NN=Cc3cc(OC)c(OC)cc3OC)n2-c2ccccc2)cc1. The number of rotatable bonds is 11. The monoisotopic (exact) mass is 533 g/mol. The van der Waals surface area contributed by atoms with E-state index in [4.69, 9.17) is 18.9 Å². The standard InChI is InChI=1S/C27H27N5O5S/c1-34-21-12-10-18(11-13-21)26-30-31-27(32(26)20-8-6-5-7-9-20)38-17-25(33)29-28-16-19-14-23(36-3)24(37-4)15-22(19)35-2/h5-16H,17H2,1-4H3,(H,29,33). The van der Waals surface area contributed by atoms with E-state index < -0.39 is 0 Å². The molecule has 0 bridgehead atoms. The van der Waals surface area contributed by atoms with Crippen molar-refractivity contribution in [1.29, 1.82) is 0 Å². The first-order chi connectivity index (χ1) is 18.6. The molecule has 0 fully saturated rings. The smallest absolute Gasteiger partial charge is 0.250 e. The predicted molar refractivity (Wildman–Crippen MR) is 146 cm³/mol. The van der Waals surface area contributed by atoms with Gasteiger partial charge in [0.1, 0.15) is 11.5 Å². The second-order valence-electron chi connectivity index (χ2n) is 7.74. The van der Waals surface area contributed by atoms with Gasteiger partial charge in [-0.1, -0.05) is 30.0 Å². The highest BCUT2D eigenvalue weighted by Gasteiger charge is 2.17. The summed E-state index contributed by atoms with van der Waals surface area (Å²) in [5.41, 5.74) is 4.90. The number of carbonyl (C=O) groups is 1. The fourth-order valence-corrected chi connectivity index (χ4v) is 4.33. The Bertz CT molecular complexity index is 1410. The summed E-state index contributed by atoms with van der Waals surface area (Å²) >= 11 is 1.26. The number of hydrogen-bond acceptors (Lipinski definition) is 9. The minimum Gasteiger partial charge on any atom is -0.497 e. The molecule has 0 unspecified atom stereocenters. The highest BCUT2D eigenvalue weighted by Crippen LogP contribution is 2.34. The van der Waals surface area contributed by atoms with Gasteiger partial charge in [-0.3, -0.25) is 9.36 Å². The van der Waals surface area contributed by atoms with Crippen molar-refractivity contribution >= 4 is 23.9 Å². The maximum Gasteiger partial charge on any atom is 0.250 e. The summed E-state index contributed by atoms with van der Waals surface area (Å²) in [6.07, 6.45) is 1.48. The van der Waals surface area contributed by atoms with E-state index in [1.807, 2.05) is 59.2 Å². The number of benzene rings is 3. The number of nitrogens with zero attached hydrogens (tertiary/aromatic N) is 4. The van der Waals surface area contributed by atoms with Crippen molar-refractivity contribution in [3.63, 3.8) is 0 Å². The molecule has 0 saturated heterocycles. The zero-order valence-corrected chi connectivity index (χ0v) is 22.2. The third-order valence-electron chi connectivity index (χ3n) is 5.46. The second kappa shape index (κ2) is 12.6.